The van der Waals surface area contributed by atoms with E-state index in [2.05, 4.69) is 10.3 Å². The summed E-state index contributed by atoms with van der Waals surface area (Å²) < 4.78 is 0. The van der Waals surface area contributed by atoms with Gasteiger partial charge in [0.25, 0.3) is 5.91 Å². The van der Waals surface area contributed by atoms with Crippen molar-refractivity contribution in [3.63, 3.8) is 0 Å². The highest BCUT2D eigenvalue weighted by molar-refractivity contribution is 7.11. The average Bonchev–Trinajstić information content (AvgIpc) is 2.58. The predicted octanol–water partition coefficient (Wildman–Crippen LogP) is 2.31. The van der Waals surface area contributed by atoms with E-state index in [-0.39, 0.29) is 10.8 Å². The van der Waals surface area contributed by atoms with Gasteiger partial charge in [-0.25, -0.2) is 0 Å². The van der Waals surface area contributed by atoms with Crippen LogP contribution in [-0.2, 0) is 0 Å². The van der Waals surface area contributed by atoms with E-state index in [0.717, 1.165) is 22.6 Å². The van der Waals surface area contributed by atoms with Crippen molar-refractivity contribution in [3.05, 3.63) is 50.1 Å². The summed E-state index contributed by atoms with van der Waals surface area (Å²) in [6, 6.07) is 7.52. The summed E-state index contributed by atoms with van der Waals surface area (Å²) in [5, 5.41) is 2.77. The van der Waals surface area contributed by atoms with E-state index < -0.39 is 0 Å². The number of rotatable bonds is 2. The van der Waals surface area contributed by atoms with Crippen molar-refractivity contribution in [1.82, 2.24) is 4.98 Å². The summed E-state index contributed by atoms with van der Waals surface area (Å²) >= 11 is 0.923. The lowest BCUT2D eigenvalue weighted by Gasteiger charge is -2.04. The lowest BCUT2D eigenvalue weighted by molar-refractivity contribution is 0.103. The second kappa shape index (κ2) is 4.55. The molecule has 1 amide bonds. The maximum Gasteiger partial charge on any atom is 0.305 e. The van der Waals surface area contributed by atoms with Gasteiger partial charge >= 0.3 is 4.87 Å². The van der Waals surface area contributed by atoms with Gasteiger partial charge < -0.3 is 10.3 Å². The molecule has 88 valence electrons. The Kier molecular flexibility index (Phi) is 3.10. The number of nitrogens with one attached hydrogen (secondary N) is 2. The van der Waals surface area contributed by atoms with Crippen LogP contribution in [-0.4, -0.2) is 10.9 Å². The molecule has 0 unspecified atom stereocenters. The van der Waals surface area contributed by atoms with Crippen LogP contribution in [0.15, 0.2) is 29.1 Å². The number of thiazole rings is 1. The molecule has 0 aliphatic rings. The van der Waals surface area contributed by atoms with E-state index in [9.17, 15) is 9.59 Å². The number of aromatic amines is 1. The summed E-state index contributed by atoms with van der Waals surface area (Å²) in [6.07, 6.45) is 0. The molecular weight excluding hydrogens is 236 g/mol. The molecule has 5 heteroatoms. The summed E-state index contributed by atoms with van der Waals surface area (Å²) in [5.41, 5.74) is 2.40. The third kappa shape index (κ3) is 2.62. The van der Waals surface area contributed by atoms with Crippen molar-refractivity contribution in [2.24, 2.45) is 0 Å². The fourth-order valence-electron chi connectivity index (χ4n) is 1.53. The lowest BCUT2D eigenvalue weighted by Crippen LogP contribution is -2.11. The molecule has 0 radical (unpaired) electrons. The van der Waals surface area contributed by atoms with Crippen molar-refractivity contribution >= 4 is 22.9 Å². The molecule has 4 nitrogen and oxygen atoms in total. The topological polar surface area (TPSA) is 62.0 Å². The molecule has 2 N–H and O–H groups in total. The number of carbonyl (C=O) groups is 1. The van der Waals surface area contributed by atoms with Gasteiger partial charge in [-0.15, -0.1) is 0 Å². The highest BCUT2D eigenvalue weighted by atomic mass is 32.1. The number of anilines is 1. The normalized spacial score (nSPS) is 10.2. The van der Waals surface area contributed by atoms with Crippen LogP contribution in [0.4, 0.5) is 5.69 Å². The maximum absolute atomic E-state index is 11.9. The van der Waals surface area contributed by atoms with Crippen molar-refractivity contribution in [2.75, 3.05) is 5.32 Å². The fraction of sp³-hybridized carbons (Fsp3) is 0.167. The van der Waals surface area contributed by atoms with Gasteiger partial charge in [0.1, 0.15) is 4.88 Å². The van der Waals surface area contributed by atoms with Crippen molar-refractivity contribution in [1.29, 1.82) is 0 Å². The molecule has 0 spiro atoms. The molecular formula is C12H12N2O2S. The van der Waals surface area contributed by atoms with Gasteiger partial charge in [0, 0.05) is 11.4 Å². The highest BCUT2D eigenvalue weighted by Crippen LogP contribution is 2.14. The molecule has 2 aromatic rings. The minimum Gasteiger partial charge on any atom is -0.321 e. The number of carbonyl (C=O) groups excluding carboxylic acids is 1. The van der Waals surface area contributed by atoms with E-state index in [0.29, 0.717) is 10.6 Å². The minimum atomic E-state index is -0.253. The molecule has 0 aliphatic carbocycles. The Balaban J connectivity index is 2.23. The Labute approximate surface area is 102 Å². The van der Waals surface area contributed by atoms with Crippen LogP contribution in [0.25, 0.3) is 0 Å². The first-order valence-corrected chi connectivity index (χ1v) is 5.95. The summed E-state index contributed by atoms with van der Waals surface area (Å²) in [4.78, 5) is 25.8. The Morgan fingerprint density at radius 3 is 2.71 bits per heavy atom. The van der Waals surface area contributed by atoms with Crippen LogP contribution < -0.4 is 10.2 Å². The molecule has 1 heterocycles. The van der Waals surface area contributed by atoms with Crippen molar-refractivity contribution in [3.8, 4) is 0 Å². The Bertz CT molecular complexity index is 613. The zero-order chi connectivity index (χ0) is 12.4. The first-order chi connectivity index (χ1) is 8.06. The monoisotopic (exact) mass is 248 g/mol. The number of aryl methyl sites for hydroxylation is 2. The average molecular weight is 248 g/mol. The predicted molar refractivity (Wildman–Crippen MR) is 68.8 cm³/mol. The number of H-pyrrole nitrogens is 1. The fourth-order valence-corrected chi connectivity index (χ4v) is 2.27. The Morgan fingerprint density at radius 2 is 2.12 bits per heavy atom. The van der Waals surface area contributed by atoms with Crippen LogP contribution in [0.3, 0.4) is 0 Å². The minimum absolute atomic E-state index is 0.211. The van der Waals surface area contributed by atoms with E-state index in [4.69, 9.17) is 0 Å². The number of amides is 1. The number of benzene rings is 1. The number of aromatic nitrogens is 1. The van der Waals surface area contributed by atoms with Crippen LogP contribution in [0, 0.1) is 13.8 Å². The van der Waals surface area contributed by atoms with Crippen LogP contribution in [0.2, 0.25) is 0 Å². The molecule has 0 bridgehead atoms. The summed E-state index contributed by atoms with van der Waals surface area (Å²) in [5.74, 6) is -0.253. The van der Waals surface area contributed by atoms with E-state index in [1.165, 1.54) is 0 Å². The number of hydrogen-bond donors (Lipinski definition) is 2. The zero-order valence-corrected chi connectivity index (χ0v) is 10.4. The van der Waals surface area contributed by atoms with Gasteiger partial charge in [-0.1, -0.05) is 23.5 Å². The van der Waals surface area contributed by atoms with Gasteiger partial charge in [0.2, 0.25) is 0 Å². The van der Waals surface area contributed by atoms with E-state index >= 15 is 0 Å². The molecule has 0 saturated heterocycles. The smallest absolute Gasteiger partial charge is 0.305 e. The largest absolute Gasteiger partial charge is 0.321 e. The summed E-state index contributed by atoms with van der Waals surface area (Å²) in [7, 11) is 0. The Hall–Kier alpha value is -1.88. The SMILES string of the molecule is Cc1cccc(NC(=O)c2sc(=O)[nH]c2C)c1. The first kappa shape index (κ1) is 11.6. The maximum atomic E-state index is 11.9. The number of hydrogen-bond acceptors (Lipinski definition) is 3. The van der Waals surface area contributed by atoms with Gasteiger partial charge in [0.15, 0.2) is 0 Å². The third-order valence-electron chi connectivity index (χ3n) is 2.31. The van der Waals surface area contributed by atoms with Crippen LogP contribution >= 0.6 is 11.3 Å². The molecule has 2 rings (SSSR count). The van der Waals surface area contributed by atoms with Gasteiger partial charge in [0.05, 0.1) is 0 Å². The molecule has 0 atom stereocenters. The lowest BCUT2D eigenvalue weighted by atomic mass is 10.2. The second-order valence-corrected chi connectivity index (χ2v) is 4.78. The first-order valence-electron chi connectivity index (χ1n) is 5.14. The quantitative estimate of drug-likeness (QED) is 0.856. The standard InChI is InChI=1S/C12H12N2O2S/c1-7-4-3-5-9(6-7)14-11(15)10-8(2)13-12(16)17-10/h3-6H,1-2H3,(H,13,16)(H,14,15). The van der Waals surface area contributed by atoms with E-state index in [1.54, 1.807) is 6.92 Å². The molecule has 0 fully saturated rings. The Morgan fingerprint density at radius 1 is 1.35 bits per heavy atom. The molecule has 1 aromatic heterocycles. The molecule has 1 aromatic carbocycles. The van der Waals surface area contributed by atoms with Crippen LogP contribution in [0.5, 0.6) is 0 Å². The van der Waals surface area contributed by atoms with E-state index in [1.807, 2.05) is 31.2 Å². The van der Waals surface area contributed by atoms with Gasteiger partial charge in [-0.3, -0.25) is 9.59 Å². The highest BCUT2D eigenvalue weighted by Gasteiger charge is 2.13. The van der Waals surface area contributed by atoms with Crippen molar-refractivity contribution in [2.45, 2.75) is 13.8 Å². The summed E-state index contributed by atoms with van der Waals surface area (Å²) in [6.45, 7) is 3.67. The van der Waals surface area contributed by atoms with Gasteiger partial charge in [-0.2, -0.15) is 0 Å². The second-order valence-electron chi connectivity index (χ2n) is 3.79. The molecule has 17 heavy (non-hydrogen) atoms. The van der Waals surface area contributed by atoms with Crippen LogP contribution in [0.1, 0.15) is 20.9 Å². The molecule has 0 saturated carbocycles. The van der Waals surface area contributed by atoms with Gasteiger partial charge in [-0.05, 0) is 31.5 Å². The zero-order valence-electron chi connectivity index (χ0n) is 9.53. The van der Waals surface area contributed by atoms with Crippen molar-refractivity contribution < 1.29 is 4.79 Å². The molecule has 0 aliphatic heterocycles. The third-order valence-corrected chi connectivity index (χ3v) is 3.29.